The minimum Gasteiger partial charge on any atom is -0.493 e. The maximum atomic E-state index is 5.63. The van der Waals surface area contributed by atoms with Gasteiger partial charge >= 0.3 is 0 Å². The molecule has 1 aromatic heterocycles. The van der Waals surface area contributed by atoms with Gasteiger partial charge < -0.3 is 9.72 Å². The molecule has 1 heterocycles. The van der Waals surface area contributed by atoms with E-state index in [9.17, 15) is 0 Å². The molecule has 4 heteroatoms. The summed E-state index contributed by atoms with van der Waals surface area (Å²) in [7, 11) is 0. The van der Waals surface area contributed by atoms with E-state index in [-0.39, 0.29) is 0 Å². The van der Waals surface area contributed by atoms with E-state index in [0.29, 0.717) is 11.2 Å². The Bertz CT molecular complexity index is 592. The maximum Gasteiger partial charge on any atom is 0.130 e. The van der Waals surface area contributed by atoms with Crippen LogP contribution >= 0.6 is 12.2 Å². The second kappa shape index (κ2) is 5.78. The molecule has 2 aromatic rings. The highest BCUT2D eigenvalue weighted by atomic mass is 32.1. The van der Waals surface area contributed by atoms with E-state index in [2.05, 4.69) is 9.97 Å². The van der Waals surface area contributed by atoms with Gasteiger partial charge in [0, 0.05) is 12.0 Å². The molecule has 0 saturated carbocycles. The highest BCUT2D eigenvalue weighted by Crippen LogP contribution is 2.28. The van der Waals surface area contributed by atoms with Gasteiger partial charge in [-0.15, -0.1) is 0 Å². The predicted molar refractivity (Wildman–Crippen MR) is 75.4 cm³/mol. The average Bonchev–Trinajstić information content (AvgIpc) is 2.39. The summed E-state index contributed by atoms with van der Waals surface area (Å²) in [5, 5.41) is 0. The monoisotopic (exact) mass is 260 g/mol. The highest BCUT2D eigenvalue weighted by Gasteiger charge is 2.07. The maximum absolute atomic E-state index is 5.63. The Morgan fingerprint density at radius 2 is 2.06 bits per heavy atom. The fraction of sp³-hybridized carbons (Fsp3) is 0.286. The third kappa shape index (κ3) is 2.76. The lowest BCUT2D eigenvalue weighted by molar-refractivity contribution is 0.341. The normalized spacial score (nSPS) is 10.3. The Hall–Kier alpha value is -1.68. The van der Waals surface area contributed by atoms with Crippen molar-refractivity contribution in [3.05, 3.63) is 40.8 Å². The lowest BCUT2D eigenvalue weighted by Crippen LogP contribution is -1.98. The van der Waals surface area contributed by atoms with Crippen molar-refractivity contribution >= 4 is 12.2 Å². The molecule has 1 aromatic carbocycles. The van der Waals surface area contributed by atoms with E-state index < -0.39 is 0 Å². The Labute approximate surface area is 112 Å². The zero-order valence-corrected chi connectivity index (χ0v) is 11.4. The van der Waals surface area contributed by atoms with E-state index in [1.807, 2.05) is 44.2 Å². The number of nitrogens with one attached hydrogen (secondary N) is 1. The van der Waals surface area contributed by atoms with Gasteiger partial charge in [-0.1, -0.05) is 31.3 Å². The zero-order chi connectivity index (χ0) is 13.0. The lowest BCUT2D eigenvalue weighted by Gasteiger charge is -2.10. The van der Waals surface area contributed by atoms with E-state index in [4.69, 9.17) is 17.0 Å². The molecule has 3 nitrogen and oxygen atoms in total. The Balaban J connectivity index is 2.54. The van der Waals surface area contributed by atoms with Crippen molar-refractivity contribution in [2.24, 2.45) is 0 Å². The van der Waals surface area contributed by atoms with Crippen LogP contribution in [0.2, 0.25) is 0 Å². The second-order valence-electron chi connectivity index (χ2n) is 3.86. The summed E-state index contributed by atoms with van der Waals surface area (Å²) >= 11 is 5.19. The number of nitrogens with zero attached hydrogens (tertiary/aromatic N) is 1. The van der Waals surface area contributed by atoms with Crippen LogP contribution in [0.5, 0.6) is 5.75 Å². The molecule has 0 unspecified atom stereocenters. The van der Waals surface area contributed by atoms with E-state index in [1.165, 1.54) is 0 Å². The lowest BCUT2D eigenvalue weighted by atomic mass is 10.1. The smallest absolute Gasteiger partial charge is 0.130 e. The molecule has 18 heavy (non-hydrogen) atoms. The number of hydrogen-bond donors (Lipinski definition) is 1. The molecule has 0 spiro atoms. The summed E-state index contributed by atoms with van der Waals surface area (Å²) in [6.07, 6.45) is 0.828. The van der Waals surface area contributed by atoms with Crippen LogP contribution in [0.3, 0.4) is 0 Å². The van der Waals surface area contributed by atoms with Gasteiger partial charge in [-0.25, -0.2) is 4.98 Å². The summed E-state index contributed by atoms with van der Waals surface area (Å²) in [6.45, 7) is 4.67. The molecule has 0 amide bonds. The number of aryl methyl sites for hydroxylation is 1. The van der Waals surface area contributed by atoms with Crippen molar-refractivity contribution in [1.82, 2.24) is 9.97 Å². The number of benzene rings is 1. The number of ether oxygens (including phenoxy) is 1. The van der Waals surface area contributed by atoms with Crippen LogP contribution in [0.4, 0.5) is 0 Å². The van der Waals surface area contributed by atoms with Crippen LogP contribution in [-0.4, -0.2) is 16.6 Å². The first kappa shape index (κ1) is 12.8. The SMILES string of the molecule is CCOc1ccccc1-c1cc(=S)nc(CC)[nH]1. The van der Waals surface area contributed by atoms with Crippen LogP contribution in [0.1, 0.15) is 19.7 Å². The van der Waals surface area contributed by atoms with Gasteiger partial charge in [0.1, 0.15) is 16.2 Å². The van der Waals surface area contributed by atoms with Gasteiger partial charge in [-0.05, 0) is 25.1 Å². The Morgan fingerprint density at radius 3 is 2.78 bits per heavy atom. The third-order valence-electron chi connectivity index (χ3n) is 2.60. The Kier molecular flexibility index (Phi) is 4.10. The quantitative estimate of drug-likeness (QED) is 0.850. The molecule has 0 bridgehead atoms. The molecular formula is C14H16N2OS. The molecule has 0 aliphatic heterocycles. The summed E-state index contributed by atoms with van der Waals surface area (Å²) in [5.41, 5.74) is 1.97. The van der Waals surface area contributed by atoms with Crippen molar-refractivity contribution in [3.63, 3.8) is 0 Å². The minimum atomic E-state index is 0.604. The van der Waals surface area contributed by atoms with Gasteiger partial charge in [-0.3, -0.25) is 0 Å². The summed E-state index contributed by atoms with van der Waals surface area (Å²) in [6, 6.07) is 9.80. The van der Waals surface area contributed by atoms with Crippen molar-refractivity contribution < 1.29 is 4.74 Å². The predicted octanol–water partition coefficient (Wildman–Crippen LogP) is 3.77. The molecular weight excluding hydrogens is 244 g/mol. The number of aromatic nitrogens is 2. The average molecular weight is 260 g/mol. The van der Waals surface area contributed by atoms with Gasteiger partial charge in [0.2, 0.25) is 0 Å². The Morgan fingerprint density at radius 1 is 1.28 bits per heavy atom. The van der Waals surface area contributed by atoms with Crippen LogP contribution in [0, 0.1) is 4.64 Å². The molecule has 0 aliphatic rings. The first-order valence-electron chi connectivity index (χ1n) is 6.07. The molecule has 0 radical (unpaired) electrons. The topological polar surface area (TPSA) is 37.9 Å². The second-order valence-corrected chi connectivity index (χ2v) is 4.28. The standard InChI is InChI=1S/C14H16N2OS/c1-3-13-15-11(9-14(18)16-13)10-7-5-6-8-12(10)17-4-2/h5-9H,3-4H2,1-2H3,(H,15,16,18). The first-order valence-corrected chi connectivity index (χ1v) is 6.47. The number of para-hydroxylation sites is 1. The third-order valence-corrected chi connectivity index (χ3v) is 2.81. The molecule has 94 valence electrons. The largest absolute Gasteiger partial charge is 0.493 e. The van der Waals surface area contributed by atoms with E-state index >= 15 is 0 Å². The molecule has 0 fully saturated rings. The summed E-state index contributed by atoms with van der Waals surface area (Å²) in [4.78, 5) is 7.56. The van der Waals surface area contributed by atoms with Gasteiger partial charge in [0.05, 0.1) is 12.3 Å². The van der Waals surface area contributed by atoms with Gasteiger partial charge in [-0.2, -0.15) is 0 Å². The van der Waals surface area contributed by atoms with Crippen molar-refractivity contribution in [2.75, 3.05) is 6.61 Å². The van der Waals surface area contributed by atoms with Gasteiger partial charge in [0.25, 0.3) is 0 Å². The van der Waals surface area contributed by atoms with Crippen molar-refractivity contribution in [1.29, 1.82) is 0 Å². The number of hydrogen-bond acceptors (Lipinski definition) is 3. The molecule has 2 rings (SSSR count). The number of rotatable bonds is 4. The fourth-order valence-corrected chi connectivity index (χ4v) is 2.02. The number of H-pyrrole nitrogens is 1. The molecule has 0 atom stereocenters. The molecule has 0 saturated heterocycles. The van der Waals surface area contributed by atoms with Gasteiger partial charge in [0.15, 0.2) is 0 Å². The van der Waals surface area contributed by atoms with E-state index in [0.717, 1.165) is 29.3 Å². The first-order chi connectivity index (χ1) is 8.74. The molecule has 1 N–H and O–H groups in total. The highest BCUT2D eigenvalue weighted by molar-refractivity contribution is 7.71. The van der Waals surface area contributed by atoms with Crippen molar-refractivity contribution in [2.45, 2.75) is 20.3 Å². The van der Waals surface area contributed by atoms with Crippen LogP contribution in [0.15, 0.2) is 30.3 Å². The van der Waals surface area contributed by atoms with Crippen LogP contribution < -0.4 is 4.74 Å². The number of aromatic amines is 1. The van der Waals surface area contributed by atoms with Crippen LogP contribution in [0.25, 0.3) is 11.3 Å². The molecule has 0 aliphatic carbocycles. The summed E-state index contributed by atoms with van der Waals surface area (Å²) < 4.78 is 6.23. The fourth-order valence-electron chi connectivity index (χ4n) is 1.79. The summed E-state index contributed by atoms with van der Waals surface area (Å²) in [5.74, 6) is 1.75. The van der Waals surface area contributed by atoms with Crippen LogP contribution in [-0.2, 0) is 6.42 Å². The minimum absolute atomic E-state index is 0.604. The van der Waals surface area contributed by atoms with E-state index in [1.54, 1.807) is 0 Å². The van der Waals surface area contributed by atoms with Crippen molar-refractivity contribution in [3.8, 4) is 17.0 Å². The zero-order valence-electron chi connectivity index (χ0n) is 10.6.